The van der Waals surface area contributed by atoms with E-state index < -0.39 is 0 Å². The summed E-state index contributed by atoms with van der Waals surface area (Å²) in [7, 11) is 0. The molecule has 2 aromatic carbocycles. The second kappa shape index (κ2) is 8.04. The number of hydrogen-bond acceptors (Lipinski definition) is 4. The van der Waals surface area contributed by atoms with Gasteiger partial charge >= 0.3 is 0 Å². The largest absolute Gasteiger partial charge is 0.326 e. The van der Waals surface area contributed by atoms with Crippen LogP contribution in [0.4, 0.5) is 17.1 Å². The first kappa shape index (κ1) is 20.1. The van der Waals surface area contributed by atoms with Crippen LogP contribution >= 0.6 is 11.8 Å². The molecule has 3 aliphatic rings. The topological polar surface area (TPSA) is 69.7 Å². The van der Waals surface area contributed by atoms with Gasteiger partial charge in [-0.2, -0.15) is 0 Å². The summed E-state index contributed by atoms with van der Waals surface area (Å²) in [4.78, 5) is 42.6. The number of amides is 3. The number of hydrogen-bond donors (Lipinski definition) is 1. The van der Waals surface area contributed by atoms with Gasteiger partial charge in [-0.25, -0.2) is 0 Å². The maximum Gasteiger partial charge on any atom is 0.230 e. The number of nitrogens with zero attached hydrogens (tertiary/aromatic N) is 2. The van der Waals surface area contributed by atoms with Crippen molar-refractivity contribution in [2.24, 2.45) is 11.8 Å². The van der Waals surface area contributed by atoms with Gasteiger partial charge in [-0.1, -0.05) is 6.07 Å². The van der Waals surface area contributed by atoms with Crippen molar-refractivity contribution in [1.29, 1.82) is 0 Å². The lowest BCUT2D eigenvalue weighted by atomic mass is 10.1. The molecule has 1 saturated carbocycles. The van der Waals surface area contributed by atoms with Crippen molar-refractivity contribution in [3.8, 4) is 0 Å². The molecule has 0 radical (unpaired) electrons. The van der Waals surface area contributed by atoms with Crippen molar-refractivity contribution < 1.29 is 14.4 Å². The lowest BCUT2D eigenvalue weighted by Gasteiger charge is -2.20. The van der Waals surface area contributed by atoms with Crippen molar-refractivity contribution in [2.75, 3.05) is 34.5 Å². The number of fused-ring (bicyclic) bond motifs is 1. The lowest BCUT2D eigenvalue weighted by molar-refractivity contribution is -0.122. The van der Waals surface area contributed by atoms with Crippen LogP contribution in [0.25, 0.3) is 0 Å². The second-order valence-electron chi connectivity index (χ2n) is 8.45. The summed E-state index contributed by atoms with van der Waals surface area (Å²) in [5, 5.41) is 2.95. The van der Waals surface area contributed by atoms with Crippen LogP contribution < -0.4 is 15.1 Å². The van der Waals surface area contributed by atoms with E-state index in [1.807, 2.05) is 53.6 Å². The predicted octanol–water partition coefficient (Wildman–Crippen LogP) is 3.70. The van der Waals surface area contributed by atoms with Gasteiger partial charge in [0.05, 0.1) is 5.92 Å². The summed E-state index contributed by atoms with van der Waals surface area (Å²) in [6.07, 6.45) is 5.00. The van der Waals surface area contributed by atoms with Gasteiger partial charge in [0.2, 0.25) is 17.7 Å². The fourth-order valence-corrected chi connectivity index (χ4v) is 4.87. The van der Waals surface area contributed by atoms with Crippen LogP contribution in [0.5, 0.6) is 0 Å². The molecular weight excluding hydrogens is 410 g/mol. The van der Waals surface area contributed by atoms with Gasteiger partial charge in [0.15, 0.2) is 0 Å². The monoisotopic (exact) mass is 435 g/mol. The summed E-state index contributed by atoms with van der Waals surface area (Å²) in [6, 6.07) is 13.6. The third kappa shape index (κ3) is 3.94. The lowest BCUT2D eigenvalue weighted by Crippen LogP contribution is -2.30. The molecule has 1 atom stereocenters. The summed E-state index contributed by atoms with van der Waals surface area (Å²) >= 11 is 1.62. The number of benzene rings is 2. The molecule has 2 fully saturated rings. The fraction of sp³-hybridized carbons (Fsp3) is 0.375. The van der Waals surface area contributed by atoms with Crippen molar-refractivity contribution in [3.63, 3.8) is 0 Å². The second-order valence-corrected chi connectivity index (χ2v) is 9.33. The van der Waals surface area contributed by atoms with Gasteiger partial charge in [-0.15, -0.1) is 11.8 Å². The summed E-state index contributed by atoms with van der Waals surface area (Å²) in [5.41, 5.74) is 3.63. The highest BCUT2D eigenvalue weighted by Gasteiger charge is 2.38. The molecule has 5 rings (SSSR count). The Balaban J connectivity index is 1.28. The third-order valence-electron chi connectivity index (χ3n) is 6.30. The van der Waals surface area contributed by atoms with Gasteiger partial charge in [-0.05, 0) is 67.5 Å². The molecule has 2 aromatic rings. The summed E-state index contributed by atoms with van der Waals surface area (Å²) < 4.78 is 0. The van der Waals surface area contributed by atoms with E-state index in [2.05, 4.69) is 5.32 Å². The Morgan fingerprint density at radius 3 is 2.71 bits per heavy atom. The predicted molar refractivity (Wildman–Crippen MR) is 123 cm³/mol. The molecule has 6 nitrogen and oxygen atoms in total. The molecule has 160 valence electrons. The number of rotatable bonds is 5. The van der Waals surface area contributed by atoms with Crippen LogP contribution in [0.2, 0.25) is 0 Å². The van der Waals surface area contributed by atoms with Crippen LogP contribution in [0.15, 0.2) is 47.4 Å². The van der Waals surface area contributed by atoms with Gasteiger partial charge in [-0.3, -0.25) is 14.4 Å². The van der Waals surface area contributed by atoms with Crippen LogP contribution in [-0.2, 0) is 20.8 Å². The molecule has 31 heavy (non-hydrogen) atoms. The quantitative estimate of drug-likeness (QED) is 0.727. The SMILES string of the molecule is CSc1cccc(NC(=O)[C@@H]2CC(=O)N(c3ccc4c(c3)CCN4C(=O)C3CC3)C2)c1. The average molecular weight is 436 g/mol. The van der Waals surface area contributed by atoms with E-state index in [0.717, 1.165) is 46.8 Å². The Labute approximate surface area is 186 Å². The Bertz CT molecular complexity index is 1070. The highest BCUT2D eigenvalue weighted by atomic mass is 32.2. The standard InChI is InChI=1S/C24H25N3O3S/c1-31-20-4-2-3-18(13-20)25-23(29)17-12-22(28)27(14-17)19-7-8-21-16(11-19)9-10-26(21)24(30)15-5-6-15/h2-4,7-8,11,13,15,17H,5-6,9-10,12,14H2,1H3,(H,25,29)/t17-/m1/s1. The minimum atomic E-state index is -0.383. The minimum absolute atomic E-state index is 0.0399. The van der Waals surface area contributed by atoms with E-state index in [4.69, 9.17) is 0 Å². The van der Waals surface area contributed by atoms with E-state index in [-0.39, 0.29) is 36.0 Å². The number of thioether (sulfide) groups is 1. The molecule has 1 N–H and O–H groups in total. The fourth-order valence-electron chi connectivity index (χ4n) is 4.41. The molecule has 2 heterocycles. The number of anilines is 3. The molecule has 0 aromatic heterocycles. The molecule has 1 aliphatic carbocycles. The molecule has 7 heteroatoms. The zero-order valence-electron chi connectivity index (χ0n) is 17.5. The van der Waals surface area contributed by atoms with Gasteiger partial charge < -0.3 is 15.1 Å². The van der Waals surface area contributed by atoms with Crippen LogP contribution in [0, 0.1) is 11.8 Å². The Morgan fingerprint density at radius 1 is 1.10 bits per heavy atom. The first-order chi connectivity index (χ1) is 15.0. The molecule has 2 aliphatic heterocycles. The van der Waals surface area contributed by atoms with Gasteiger partial charge in [0, 0.05) is 47.4 Å². The first-order valence-electron chi connectivity index (χ1n) is 10.7. The molecule has 3 amide bonds. The molecular formula is C24H25N3O3S. The average Bonchev–Trinajstić information content (AvgIpc) is 3.43. The van der Waals surface area contributed by atoms with Crippen molar-refractivity contribution in [3.05, 3.63) is 48.0 Å². The Morgan fingerprint density at radius 2 is 1.94 bits per heavy atom. The molecule has 0 bridgehead atoms. The first-order valence-corrected chi connectivity index (χ1v) is 12.0. The van der Waals surface area contributed by atoms with Crippen LogP contribution in [-0.4, -0.2) is 37.1 Å². The van der Waals surface area contributed by atoms with E-state index in [0.29, 0.717) is 13.1 Å². The van der Waals surface area contributed by atoms with Gasteiger partial charge in [0.1, 0.15) is 0 Å². The number of carbonyl (C=O) groups excluding carboxylic acids is 3. The Kier molecular flexibility index (Phi) is 5.22. The summed E-state index contributed by atoms with van der Waals surface area (Å²) in [6.45, 7) is 1.08. The van der Waals surface area contributed by atoms with E-state index in [1.165, 1.54) is 0 Å². The molecule has 0 unspecified atom stereocenters. The van der Waals surface area contributed by atoms with Crippen LogP contribution in [0.1, 0.15) is 24.8 Å². The third-order valence-corrected chi connectivity index (χ3v) is 7.02. The van der Waals surface area contributed by atoms with Crippen molar-refractivity contribution in [1.82, 2.24) is 0 Å². The Hall–Kier alpha value is -2.80. The normalized spacial score (nSPS) is 20.2. The highest BCUT2D eigenvalue weighted by molar-refractivity contribution is 7.98. The molecule has 0 spiro atoms. The van der Waals surface area contributed by atoms with E-state index in [9.17, 15) is 14.4 Å². The minimum Gasteiger partial charge on any atom is -0.326 e. The van der Waals surface area contributed by atoms with E-state index >= 15 is 0 Å². The van der Waals surface area contributed by atoms with Gasteiger partial charge in [0.25, 0.3) is 0 Å². The zero-order chi connectivity index (χ0) is 21.5. The number of carbonyl (C=O) groups is 3. The van der Waals surface area contributed by atoms with Crippen molar-refractivity contribution in [2.45, 2.75) is 30.6 Å². The summed E-state index contributed by atoms with van der Waals surface area (Å²) in [5.74, 6) is -0.127. The zero-order valence-corrected chi connectivity index (χ0v) is 18.3. The van der Waals surface area contributed by atoms with E-state index in [1.54, 1.807) is 16.7 Å². The number of nitrogens with one attached hydrogen (secondary N) is 1. The van der Waals surface area contributed by atoms with Crippen LogP contribution in [0.3, 0.4) is 0 Å². The maximum atomic E-state index is 12.8. The molecule has 1 saturated heterocycles. The smallest absolute Gasteiger partial charge is 0.230 e. The van der Waals surface area contributed by atoms with Crippen molar-refractivity contribution >= 4 is 46.5 Å². The highest BCUT2D eigenvalue weighted by Crippen LogP contribution is 2.38. The maximum absolute atomic E-state index is 12.8.